The number of morpholine rings is 1. The number of anilines is 3. The van der Waals surface area contributed by atoms with Gasteiger partial charge in [0.15, 0.2) is 0 Å². The molecule has 0 aromatic heterocycles. The average molecular weight is 498 g/mol. The lowest BCUT2D eigenvalue weighted by Crippen LogP contribution is -2.37. The molecule has 7 nitrogen and oxygen atoms in total. The third-order valence-electron chi connectivity index (χ3n) is 5.21. The second-order valence-corrected chi connectivity index (χ2v) is 9.66. The number of amides is 1. The molecule has 0 atom stereocenters. The number of halogens is 1. The highest BCUT2D eigenvalue weighted by atomic mass is 35.5. The second-order valence-electron chi connectivity index (χ2n) is 7.60. The predicted octanol–water partition coefficient (Wildman–Crippen LogP) is 4.63. The summed E-state index contributed by atoms with van der Waals surface area (Å²) in [7, 11) is -4.02. The quantitative estimate of drug-likeness (QED) is 0.465. The van der Waals surface area contributed by atoms with Gasteiger partial charge in [0, 0.05) is 24.9 Å². The van der Waals surface area contributed by atoms with Gasteiger partial charge in [-0.15, -0.1) is 0 Å². The number of nitrogens with one attached hydrogen (secondary N) is 2. The summed E-state index contributed by atoms with van der Waals surface area (Å²) in [6.07, 6.45) is 3.09. The molecule has 3 aromatic rings. The predicted molar refractivity (Wildman–Crippen MR) is 136 cm³/mol. The SMILES string of the molecule is O=C(/C=C/c1ccccc1)Nc1ccc(N2CCOCC2)c(S(=O)(=O)Nc2ccccc2Cl)c1. The Morgan fingerprint density at radius 1 is 0.971 bits per heavy atom. The van der Waals surface area contributed by atoms with E-state index in [2.05, 4.69) is 10.0 Å². The second kappa shape index (κ2) is 10.7. The van der Waals surface area contributed by atoms with Crippen molar-refractivity contribution < 1.29 is 17.9 Å². The summed E-state index contributed by atoms with van der Waals surface area (Å²) in [5, 5.41) is 3.03. The Labute approximate surface area is 204 Å². The van der Waals surface area contributed by atoms with E-state index in [4.69, 9.17) is 16.3 Å². The third-order valence-corrected chi connectivity index (χ3v) is 6.94. The molecule has 1 heterocycles. The molecule has 1 saturated heterocycles. The van der Waals surface area contributed by atoms with E-state index in [9.17, 15) is 13.2 Å². The zero-order valence-electron chi connectivity index (χ0n) is 18.3. The molecule has 4 rings (SSSR count). The minimum Gasteiger partial charge on any atom is -0.378 e. The Kier molecular flexibility index (Phi) is 7.52. The van der Waals surface area contributed by atoms with Crippen molar-refractivity contribution >= 4 is 50.7 Å². The molecule has 176 valence electrons. The van der Waals surface area contributed by atoms with Crippen LogP contribution in [-0.2, 0) is 19.6 Å². The zero-order chi connectivity index (χ0) is 24.0. The van der Waals surface area contributed by atoms with Crippen LogP contribution >= 0.6 is 11.6 Å². The first-order valence-corrected chi connectivity index (χ1v) is 12.6. The number of para-hydroxylation sites is 1. The molecule has 9 heteroatoms. The summed E-state index contributed by atoms with van der Waals surface area (Å²) in [5.41, 5.74) is 2.05. The molecular weight excluding hydrogens is 474 g/mol. The van der Waals surface area contributed by atoms with Gasteiger partial charge in [-0.25, -0.2) is 8.42 Å². The highest BCUT2D eigenvalue weighted by Crippen LogP contribution is 2.32. The maximum Gasteiger partial charge on any atom is 0.264 e. The van der Waals surface area contributed by atoms with Crippen LogP contribution in [0.4, 0.5) is 17.1 Å². The number of hydrogen-bond donors (Lipinski definition) is 2. The van der Waals surface area contributed by atoms with E-state index in [1.807, 2.05) is 35.2 Å². The van der Waals surface area contributed by atoms with Crippen molar-refractivity contribution in [1.29, 1.82) is 0 Å². The van der Waals surface area contributed by atoms with Gasteiger partial charge in [0.2, 0.25) is 5.91 Å². The summed E-state index contributed by atoms with van der Waals surface area (Å²) in [6.45, 7) is 2.11. The Hall–Kier alpha value is -3.33. The van der Waals surface area contributed by atoms with Crippen molar-refractivity contribution in [3.05, 3.63) is 89.5 Å². The summed E-state index contributed by atoms with van der Waals surface area (Å²) in [6, 6.07) is 20.9. The number of benzene rings is 3. The topological polar surface area (TPSA) is 87.7 Å². The largest absolute Gasteiger partial charge is 0.378 e. The fourth-order valence-corrected chi connectivity index (χ4v) is 5.11. The summed E-state index contributed by atoms with van der Waals surface area (Å²) in [4.78, 5) is 14.5. The van der Waals surface area contributed by atoms with Crippen LogP contribution < -0.4 is 14.9 Å². The number of carbonyl (C=O) groups is 1. The molecule has 2 N–H and O–H groups in total. The normalized spacial score (nSPS) is 14.2. The maximum absolute atomic E-state index is 13.4. The lowest BCUT2D eigenvalue weighted by molar-refractivity contribution is -0.111. The van der Waals surface area contributed by atoms with Gasteiger partial charge in [0.25, 0.3) is 10.0 Å². The van der Waals surface area contributed by atoms with E-state index in [1.54, 1.807) is 42.5 Å². The van der Waals surface area contributed by atoms with Crippen molar-refractivity contribution in [3.8, 4) is 0 Å². The van der Waals surface area contributed by atoms with Gasteiger partial charge in [-0.1, -0.05) is 54.1 Å². The monoisotopic (exact) mass is 497 g/mol. The molecule has 0 radical (unpaired) electrons. The smallest absolute Gasteiger partial charge is 0.264 e. The number of carbonyl (C=O) groups excluding carboxylic acids is 1. The maximum atomic E-state index is 13.4. The van der Waals surface area contributed by atoms with Crippen LogP contribution in [0.1, 0.15) is 5.56 Å². The molecule has 1 fully saturated rings. The van der Waals surface area contributed by atoms with Crippen molar-refractivity contribution in [1.82, 2.24) is 0 Å². The Morgan fingerprint density at radius 2 is 1.68 bits per heavy atom. The van der Waals surface area contributed by atoms with Crippen molar-refractivity contribution in [2.24, 2.45) is 0 Å². The van der Waals surface area contributed by atoms with Gasteiger partial charge >= 0.3 is 0 Å². The standard InChI is InChI=1S/C25H24ClN3O4S/c26-21-8-4-5-9-22(21)28-34(31,32)24-18-20(11-12-23(24)29-14-16-33-17-15-29)27-25(30)13-10-19-6-2-1-3-7-19/h1-13,18,28H,14-17H2,(H,27,30)/b13-10+. The first kappa shape index (κ1) is 23.8. The molecule has 0 aliphatic carbocycles. The average Bonchev–Trinajstić information content (AvgIpc) is 2.85. The van der Waals surface area contributed by atoms with E-state index in [0.717, 1.165) is 5.56 Å². The van der Waals surface area contributed by atoms with E-state index < -0.39 is 10.0 Å². The molecule has 0 unspecified atom stereocenters. The van der Waals surface area contributed by atoms with E-state index >= 15 is 0 Å². The fourth-order valence-electron chi connectivity index (χ4n) is 3.54. The lowest BCUT2D eigenvalue weighted by atomic mass is 10.2. The number of rotatable bonds is 7. The molecule has 1 aliphatic rings. The fraction of sp³-hybridized carbons (Fsp3) is 0.160. The van der Waals surface area contributed by atoms with Crippen molar-refractivity contribution in [3.63, 3.8) is 0 Å². The van der Waals surface area contributed by atoms with Crippen LogP contribution in [0.2, 0.25) is 5.02 Å². The Bertz CT molecular complexity index is 1290. The first-order valence-electron chi connectivity index (χ1n) is 10.7. The molecule has 0 bridgehead atoms. The number of hydrogen-bond acceptors (Lipinski definition) is 5. The summed E-state index contributed by atoms with van der Waals surface area (Å²) in [5.74, 6) is -0.370. The van der Waals surface area contributed by atoms with Gasteiger partial charge in [0.05, 0.1) is 29.6 Å². The van der Waals surface area contributed by atoms with Crippen molar-refractivity contribution in [2.45, 2.75) is 4.90 Å². The molecular formula is C25H24ClN3O4S. The lowest BCUT2D eigenvalue weighted by Gasteiger charge is -2.30. The Balaban J connectivity index is 1.63. The van der Waals surface area contributed by atoms with Gasteiger partial charge < -0.3 is 15.0 Å². The van der Waals surface area contributed by atoms with E-state index in [-0.39, 0.29) is 21.5 Å². The van der Waals surface area contributed by atoms with Crippen LogP contribution in [0.25, 0.3) is 6.08 Å². The van der Waals surface area contributed by atoms with Crippen LogP contribution in [0.5, 0.6) is 0 Å². The molecule has 1 amide bonds. The van der Waals surface area contributed by atoms with Crippen LogP contribution in [0.3, 0.4) is 0 Å². The summed E-state index contributed by atoms with van der Waals surface area (Å²) < 4.78 is 34.8. The highest BCUT2D eigenvalue weighted by Gasteiger charge is 2.25. The number of ether oxygens (including phenoxy) is 1. The van der Waals surface area contributed by atoms with Crippen LogP contribution in [-0.4, -0.2) is 40.6 Å². The molecule has 34 heavy (non-hydrogen) atoms. The van der Waals surface area contributed by atoms with Gasteiger partial charge in [-0.05, 0) is 42.0 Å². The highest BCUT2D eigenvalue weighted by molar-refractivity contribution is 7.93. The summed E-state index contributed by atoms with van der Waals surface area (Å²) >= 11 is 6.17. The minimum atomic E-state index is -4.02. The first-order chi connectivity index (χ1) is 16.4. The molecule has 0 saturated carbocycles. The molecule has 3 aromatic carbocycles. The number of sulfonamides is 1. The van der Waals surface area contributed by atoms with Gasteiger partial charge in [-0.3, -0.25) is 9.52 Å². The zero-order valence-corrected chi connectivity index (χ0v) is 19.9. The third kappa shape index (κ3) is 5.96. The van der Waals surface area contributed by atoms with Gasteiger partial charge in [-0.2, -0.15) is 0 Å². The Morgan fingerprint density at radius 3 is 2.41 bits per heavy atom. The van der Waals surface area contributed by atoms with Crippen LogP contribution in [0.15, 0.2) is 83.8 Å². The molecule has 0 spiro atoms. The van der Waals surface area contributed by atoms with Crippen molar-refractivity contribution in [2.75, 3.05) is 41.2 Å². The van der Waals surface area contributed by atoms with E-state index in [0.29, 0.717) is 37.7 Å². The number of nitrogens with zero attached hydrogens (tertiary/aromatic N) is 1. The van der Waals surface area contributed by atoms with E-state index in [1.165, 1.54) is 12.1 Å². The van der Waals surface area contributed by atoms with Crippen LogP contribution in [0, 0.1) is 0 Å². The molecule has 1 aliphatic heterocycles. The minimum absolute atomic E-state index is 0.0409. The van der Waals surface area contributed by atoms with Gasteiger partial charge in [0.1, 0.15) is 4.90 Å².